The van der Waals surface area contributed by atoms with E-state index in [1.807, 2.05) is 0 Å². The highest BCUT2D eigenvalue weighted by molar-refractivity contribution is 5.85. The quantitative estimate of drug-likeness (QED) is 0.614. The molecule has 0 unspecified atom stereocenters. The van der Waals surface area contributed by atoms with Crippen LogP contribution in [0, 0.1) is 0 Å². The van der Waals surface area contributed by atoms with Gasteiger partial charge in [-0.3, -0.25) is 4.79 Å². The molecule has 0 spiro atoms. The van der Waals surface area contributed by atoms with Crippen molar-refractivity contribution in [2.24, 2.45) is 5.73 Å². The van der Waals surface area contributed by atoms with Crippen molar-refractivity contribution >= 4 is 18.4 Å². The predicted octanol–water partition coefficient (Wildman–Crippen LogP) is 0.180. The lowest BCUT2D eigenvalue weighted by molar-refractivity contribution is -0.137. The number of rotatable bonds is 3. The monoisotopic (exact) mass is 157 g/mol. The Morgan fingerprint density at radius 2 is 2.22 bits per heavy atom. The molecule has 0 aromatic rings. The number of aliphatic carboxylic acids is 1. The van der Waals surface area contributed by atoms with E-state index in [2.05, 4.69) is 0 Å². The van der Waals surface area contributed by atoms with Crippen molar-refractivity contribution in [2.75, 3.05) is 6.67 Å². The van der Waals surface area contributed by atoms with E-state index in [1.165, 1.54) is 0 Å². The highest BCUT2D eigenvalue weighted by atomic mass is 35.5. The molecule has 0 heterocycles. The molecule has 1 atom stereocenters. The van der Waals surface area contributed by atoms with E-state index in [0.29, 0.717) is 0 Å². The molecule has 3 N–H and O–H groups in total. The predicted molar refractivity (Wildman–Crippen MR) is 33.5 cm³/mol. The third kappa shape index (κ3) is 7.65. The summed E-state index contributed by atoms with van der Waals surface area (Å²) in [6.45, 7) is -0.772. The Kier molecular flexibility index (Phi) is 7.35. The minimum Gasteiger partial charge on any atom is -0.481 e. The fourth-order valence-electron chi connectivity index (χ4n) is 0.279. The van der Waals surface area contributed by atoms with E-state index in [9.17, 15) is 9.18 Å². The Hall–Kier alpha value is -0.350. The lowest BCUT2D eigenvalue weighted by Crippen LogP contribution is -2.25. The van der Waals surface area contributed by atoms with Crippen molar-refractivity contribution in [3.05, 3.63) is 0 Å². The maximum absolute atomic E-state index is 11.4. The number of nitrogens with two attached hydrogens (primary N) is 1. The molecule has 0 aliphatic carbocycles. The Morgan fingerprint density at radius 1 is 1.78 bits per heavy atom. The number of carboxylic acids is 1. The second-order valence-corrected chi connectivity index (χ2v) is 1.51. The van der Waals surface area contributed by atoms with Gasteiger partial charge < -0.3 is 10.8 Å². The van der Waals surface area contributed by atoms with Gasteiger partial charge in [-0.2, -0.15) is 0 Å². The first-order chi connectivity index (χ1) is 3.66. The van der Waals surface area contributed by atoms with Crippen molar-refractivity contribution in [1.29, 1.82) is 0 Å². The molecule has 0 fully saturated rings. The Bertz CT molecular complexity index is 90.6. The zero-order valence-electron chi connectivity index (χ0n) is 4.71. The topological polar surface area (TPSA) is 63.3 Å². The molecule has 9 heavy (non-hydrogen) atoms. The third-order valence-corrected chi connectivity index (χ3v) is 0.635. The molecule has 0 rings (SSSR count). The van der Waals surface area contributed by atoms with Gasteiger partial charge in [-0.1, -0.05) is 0 Å². The third-order valence-electron chi connectivity index (χ3n) is 0.635. The molecule has 0 bridgehead atoms. The smallest absolute Gasteiger partial charge is 0.305 e. The summed E-state index contributed by atoms with van der Waals surface area (Å²) in [4.78, 5) is 9.72. The molecule has 0 aromatic heterocycles. The van der Waals surface area contributed by atoms with Gasteiger partial charge in [-0.15, -0.1) is 12.4 Å². The molecule has 3 nitrogen and oxygen atoms in total. The van der Waals surface area contributed by atoms with Gasteiger partial charge in [-0.25, -0.2) is 4.39 Å². The van der Waals surface area contributed by atoms with Crippen LogP contribution in [0.2, 0.25) is 0 Å². The van der Waals surface area contributed by atoms with E-state index in [1.54, 1.807) is 0 Å². The highest BCUT2D eigenvalue weighted by Gasteiger charge is 2.05. The minimum absolute atomic E-state index is 0. The van der Waals surface area contributed by atoms with Crippen LogP contribution < -0.4 is 5.73 Å². The first-order valence-corrected chi connectivity index (χ1v) is 2.20. The number of carboxylic acid groups (broad SMARTS) is 1. The molecule has 5 heteroatoms. The fourth-order valence-corrected chi connectivity index (χ4v) is 0.279. The molecule has 0 radical (unpaired) electrons. The van der Waals surface area contributed by atoms with Gasteiger partial charge in [-0.05, 0) is 0 Å². The van der Waals surface area contributed by atoms with Crippen LogP contribution in [-0.2, 0) is 4.79 Å². The minimum atomic E-state index is -1.06. The van der Waals surface area contributed by atoms with Crippen LogP contribution in [0.25, 0.3) is 0 Å². The van der Waals surface area contributed by atoms with Crippen molar-refractivity contribution < 1.29 is 14.3 Å². The van der Waals surface area contributed by atoms with Crippen LogP contribution in [0.15, 0.2) is 0 Å². The Balaban J connectivity index is 0. The van der Waals surface area contributed by atoms with E-state index in [4.69, 9.17) is 10.8 Å². The van der Waals surface area contributed by atoms with Gasteiger partial charge in [0.2, 0.25) is 0 Å². The van der Waals surface area contributed by atoms with Crippen LogP contribution in [-0.4, -0.2) is 23.8 Å². The highest BCUT2D eigenvalue weighted by Crippen LogP contribution is 1.86. The normalized spacial score (nSPS) is 11.8. The standard InChI is InChI=1S/C4H8FNO2.ClH/c5-2-3(6)1-4(7)8;/h3H,1-2,6H2,(H,7,8);1H/t3-;/m1./s1. The zero-order chi connectivity index (χ0) is 6.57. The second kappa shape index (κ2) is 5.78. The molecule has 0 saturated carbocycles. The summed E-state index contributed by atoms with van der Waals surface area (Å²) in [6, 6.07) is -0.840. The summed E-state index contributed by atoms with van der Waals surface area (Å²) in [6.07, 6.45) is -0.295. The number of hydrogen-bond acceptors (Lipinski definition) is 2. The van der Waals surface area contributed by atoms with Crippen molar-refractivity contribution in [2.45, 2.75) is 12.5 Å². The SMILES string of the molecule is Cl.N[C@@H](CF)CC(=O)O. The summed E-state index contributed by atoms with van der Waals surface area (Å²) in [5.41, 5.74) is 4.92. The van der Waals surface area contributed by atoms with Gasteiger partial charge >= 0.3 is 5.97 Å². The second-order valence-electron chi connectivity index (χ2n) is 1.51. The van der Waals surface area contributed by atoms with E-state index in [-0.39, 0.29) is 18.8 Å². The zero-order valence-corrected chi connectivity index (χ0v) is 5.53. The summed E-state index contributed by atoms with van der Waals surface area (Å²) >= 11 is 0. The molecule has 0 aromatic carbocycles. The number of alkyl halides is 1. The van der Waals surface area contributed by atoms with E-state index >= 15 is 0 Å². The van der Waals surface area contributed by atoms with Crippen molar-refractivity contribution in [3.8, 4) is 0 Å². The van der Waals surface area contributed by atoms with Crippen LogP contribution in [0.3, 0.4) is 0 Å². The maximum Gasteiger partial charge on any atom is 0.305 e. The number of hydrogen-bond donors (Lipinski definition) is 2. The largest absolute Gasteiger partial charge is 0.481 e. The molecular weight excluding hydrogens is 148 g/mol. The summed E-state index contributed by atoms with van der Waals surface area (Å²) < 4.78 is 11.4. The van der Waals surface area contributed by atoms with E-state index in [0.717, 1.165) is 0 Å². The van der Waals surface area contributed by atoms with Gasteiger partial charge in [0.15, 0.2) is 0 Å². The Morgan fingerprint density at radius 3 is 2.33 bits per heavy atom. The van der Waals surface area contributed by atoms with Crippen molar-refractivity contribution in [1.82, 2.24) is 0 Å². The van der Waals surface area contributed by atoms with Gasteiger partial charge in [0.25, 0.3) is 0 Å². The lowest BCUT2D eigenvalue weighted by atomic mass is 10.2. The number of halogens is 2. The maximum atomic E-state index is 11.4. The molecule has 0 saturated heterocycles. The molecule has 0 amide bonds. The number of carbonyl (C=O) groups is 1. The first kappa shape index (κ1) is 11.4. The van der Waals surface area contributed by atoms with Gasteiger partial charge in [0, 0.05) is 6.04 Å². The van der Waals surface area contributed by atoms with Gasteiger partial charge in [0.05, 0.1) is 6.42 Å². The fraction of sp³-hybridized carbons (Fsp3) is 0.750. The summed E-state index contributed by atoms with van der Waals surface area (Å²) in [5.74, 6) is -1.06. The Labute approximate surface area is 58.4 Å². The van der Waals surface area contributed by atoms with E-state index < -0.39 is 18.7 Å². The average Bonchev–Trinajstić information content (AvgIpc) is 1.65. The van der Waals surface area contributed by atoms with Crippen LogP contribution >= 0.6 is 12.4 Å². The first-order valence-electron chi connectivity index (χ1n) is 2.20. The molecule has 0 aliphatic heterocycles. The van der Waals surface area contributed by atoms with Crippen LogP contribution in [0.4, 0.5) is 4.39 Å². The van der Waals surface area contributed by atoms with Crippen LogP contribution in [0.5, 0.6) is 0 Å². The molecule has 56 valence electrons. The van der Waals surface area contributed by atoms with Gasteiger partial charge in [0.1, 0.15) is 6.67 Å². The average molecular weight is 158 g/mol. The van der Waals surface area contributed by atoms with Crippen LogP contribution in [0.1, 0.15) is 6.42 Å². The molecule has 0 aliphatic rings. The van der Waals surface area contributed by atoms with Crippen molar-refractivity contribution in [3.63, 3.8) is 0 Å². The molecular formula is C4H9ClFNO2. The summed E-state index contributed by atoms with van der Waals surface area (Å²) in [5, 5.41) is 7.97. The summed E-state index contributed by atoms with van der Waals surface area (Å²) in [7, 11) is 0. The lowest BCUT2D eigenvalue weighted by Gasteiger charge is -1.99.